The van der Waals surface area contributed by atoms with Crippen LogP contribution in [0, 0.1) is 17.8 Å². The van der Waals surface area contributed by atoms with Crippen LogP contribution in [0.15, 0.2) is 0 Å². The van der Waals surface area contributed by atoms with Gasteiger partial charge >= 0.3 is 5.97 Å². The van der Waals surface area contributed by atoms with E-state index in [0.717, 1.165) is 6.42 Å². The highest BCUT2D eigenvalue weighted by atomic mass is 16.5. The molecule has 0 bridgehead atoms. The number of carbonyl (C=O) groups excluding carboxylic acids is 1. The number of carboxylic acid groups (broad SMARTS) is 1. The first-order valence-electron chi connectivity index (χ1n) is 7.44. The third kappa shape index (κ3) is 4.47. The van der Waals surface area contributed by atoms with Gasteiger partial charge in [-0.1, -0.05) is 20.8 Å². The lowest BCUT2D eigenvalue weighted by molar-refractivity contribution is -0.155. The fourth-order valence-electron chi connectivity index (χ4n) is 2.78. The Labute approximate surface area is 121 Å². The molecule has 0 aliphatic carbocycles. The Morgan fingerprint density at radius 1 is 1.40 bits per heavy atom. The second-order valence-electron chi connectivity index (χ2n) is 6.17. The number of hydrogen-bond donors (Lipinski definition) is 1. The molecule has 5 nitrogen and oxygen atoms in total. The summed E-state index contributed by atoms with van der Waals surface area (Å²) < 4.78 is 5.53. The maximum Gasteiger partial charge on any atom is 0.308 e. The molecule has 0 aromatic rings. The summed E-state index contributed by atoms with van der Waals surface area (Å²) in [5.74, 6) is -0.766. The molecule has 1 saturated heterocycles. The van der Waals surface area contributed by atoms with Crippen molar-refractivity contribution in [3.8, 4) is 0 Å². The molecule has 3 atom stereocenters. The summed E-state index contributed by atoms with van der Waals surface area (Å²) in [7, 11) is 0. The van der Waals surface area contributed by atoms with Gasteiger partial charge < -0.3 is 14.7 Å². The van der Waals surface area contributed by atoms with Gasteiger partial charge in [-0.15, -0.1) is 0 Å². The van der Waals surface area contributed by atoms with E-state index in [2.05, 4.69) is 13.8 Å². The quantitative estimate of drug-likeness (QED) is 0.727. The summed E-state index contributed by atoms with van der Waals surface area (Å²) in [5.41, 5.74) is 0. The van der Waals surface area contributed by atoms with Crippen LogP contribution in [-0.4, -0.2) is 47.7 Å². The maximum absolute atomic E-state index is 12.0. The minimum atomic E-state index is -0.816. The second-order valence-corrected chi connectivity index (χ2v) is 6.17. The van der Waals surface area contributed by atoms with Gasteiger partial charge in [0.15, 0.2) is 0 Å². The standard InChI is InChI=1S/C15H27NO4/c1-10(2)5-7-20-8-6-16-12(4)14(15(18)19)11(3)9-13(16)17/h10-12,14H,5-9H2,1-4H3,(H,18,19). The average Bonchev–Trinajstić information content (AvgIpc) is 2.30. The molecule has 0 aromatic carbocycles. The summed E-state index contributed by atoms with van der Waals surface area (Å²) >= 11 is 0. The van der Waals surface area contributed by atoms with Crippen molar-refractivity contribution in [1.82, 2.24) is 4.90 Å². The third-order valence-electron chi connectivity index (χ3n) is 4.04. The van der Waals surface area contributed by atoms with E-state index in [1.54, 1.807) is 4.90 Å². The number of likely N-dealkylation sites (tertiary alicyclic amines) is 1. The number of rotatable bonds is 7. The predicted octanol–water partition coefficient (Wildman–Crippen LogP) is 2.01. The minimum absolute atomic E-state index is 0.0370. The Balaban J connectivity index is 2.47. The lowest BCUT2D eigenvalue weighted by Crippen LogP contribution is -2.53. The molecule has 0 spiro atoms. The Hall–Kier alpha value is -1.10. The Kier molecular flexibility index (Phi) is 6.46. The number of hydrogen-bond acceptors (Lipinski definition) is 3. The summed E-state index contributed by atoms with van der Waals surface area (Å²) in [6, 6.07) is -0.266. The molecule has 1 aliphatic heterocycles. The van der Waals surface area contributed by atoms with Crippen molar-refractivity contribution >= 4 is 11.9 Å². The number of piperidine rings is 1. The van der Waals surface area contributed by atoms with Gasteiger partial charge in [0.1, 0.15) is 0 Å². The van der Waals surface area contributed by atoms with Gasteiger partial charge in [-0.05, 0) is 25.2 Å². The number of amides is 1. The predicted molar refractivity (Wildman–Crippen MR) is 76.4 cm³/mol. The molecule has 0 saturated carbocycles. The molecule has 1 amide bonds. The van der Waals surface area contributed by atoms with E-state index < -0.39 is 11.9 Å². The number of ether oxygens (including phenoxy) is 1. The van der Waals surface area contributed by atoms with Crippen molar-refractivity contribution in [1.29, 1.82) is 0 Å². The van der Waals surface area contributed by atoms with E-state index in [4.69, 9.17) is 4.74 Å². The van der Waals surface area contributed by atoms with Gasteiger partial charge in [-0.2, -0.15) is 0 Å². The van der Waals surface area contributed by atoms with Gasteiger partial charge in [0.25, 0.3) is 0 Å². The van der Waals surface area contributed by atoms with Crippen molar-refractivity contribution in [2.24, 2.45) is 17.8 Å². The molecule has 1 aliphatic rings. The molecule has 20 heavy (non-hydrogen) atoms. The van der Waals surface area contributed by atoms with Crippen LogP contribution in [0.3, 0.4) is 0 Å². The number of nitrogens with zero attached hydrogens (tertiary/aromatic N) is 1. The summed E-state index contributed by atoms with van der Waals surface area (Å²) in [6.45, 7) is 9.58. The molecule has 0 aromatic heterocycles. The summed E-state index contributed by atoms with van der Waals surface area (Å²) in [6.07, 6.45) is 1.31. The SMILES string of the molecule is CC(C)CCOCCN1C(=O)CC(C)C(C(=O)O)C1C. The smallest absolute Gasteiger partial charge is 0.308 e. The summed E-state index contributed by atoms with van der Waals surface area (Å²) in [4.78, 5) is 25.0. The van der Waals surface area contributed by atoms with Crippen LogP contribution in [0.4, 0.5) is 0 Å². The zero-order chi connectivity index (χ0) is 15.3. The topological polar surface area (TPSA) is 66.8 Å². The minimum Gasteiger partial charge on any atom is -0.481 e. The highest BCUT2D eigenvalue weighted by Gasteiger charge is 2.41. The van der Waals surface area contributed by atoms with Crippen LogP contribution < -0.4 is 0 Å². The monoisotopic (exact) mass is 285 g/mol. The van der Waals surface area contributed by atoms with Crippen LogP contribution in [0.1, 0.15) is 40.5 Å². The fourth-order valence-corrected chi connectivity index (χ4v) is 2.78. The van der Waals surface area contributed by atoms with Crippen LogP contribution in [0.25, 0.3) is 0 Å². The van der Waals surface area contributed by atoms with E-state index in [-0.39, 0.29) is 17.9 Å². The van der Waals surface area contributed by atoms with Gasteiger partial charge in [0, 0.05) is 25.6 Å². The first kappa shape index (κ1) is 17.0. The largest absolute Gasteiger partial charge is 0.481 e. The normalized spacial score (nSPS) is 27.1. The molecule has 116 valence electrons. The molecular formula is C15H27NO4. The van der Waals surface area contributed by atoms with Gasteiger partial charge in [0.2, 0.25) is 5.91 Å². The lowest BCUT2D eigenvalue weighted by atomic mass is 9.81. The van der Waals surface area contributed by atoms with Crippen LogP contribution in [0.5, 0.6) is 0 Å². The Bertz CT molecular complexity index is 343. The molecule has 1 heterocycles. The molecule has 5 heteroatoms. The van der Waals surface area contributed by atoms with Crippen molar-refractivity contribution in [3.05, 3.63) is 0 Å². The molecular weight excluding hydrogens is 258 g/mol. The molecule has 1 rings (SSSR count). The number of carboxylic acids is 1. The summed E-state index contributed by atoms with van der Waals surface area (Å²) in [5, 5.41) is 9.28. The second kappa shape index (κ2) is 7.62. The highest BCUT2D eigenvalue weighted by Crippen LogP contribution is 2.29. The third-order valence-corrected chi connectivity index (χ3v) is 4.04. The highest BCUT2D eigenvalue weighted by molar-refractivity contribution is 5.81. The van der Waals surface area contributed by atoms with E-state index in [9.17, 15) is 14.7 Å². The van der Waals surface area contributed by atoms with E-state index in [0.29, 0.717) is 32.1 Å². The number of aliphatic carboxylic acids is 1. The van der Waals surface area contributed by atoms with Crippen molar-refractivity contribution in [2.45, 2.75) is 46.6 Å². The maximum atomic E-state index is 12.0. The fraction of sp³-hybridized carbons (Fsp3) is 0.867. The first-order chi connectivity index (χ1) is 9.34. The van der Waals surface area contributed by atoms with Crippen LogP contribution >= 0.6 is 0 Å². The van der Waals surface area contributed by atoms with Gasteiger partial charge in [-0.3, -0.25) is 9.59 Å². The van der Waals surface area contributed by atoms with Gasteiger partial charge in [-0.25, -0.2) is 0 Å². The zero-order valence-electron chi connectivity index (χ0n) is 13.0. The molecule has 1 N–H and O–H groups in total. The van der Waals surface area contributed by atoms with E-state index in [1.165, 1.54) is 0 Å². The van der Waals surface area contributed by atoms with E-state index in [1.807, 2.05) is 13.8 Å². The molecule has 0 radical (unpaired) electrons. The van der Waals surface area contributed by atoms with Crippen molar-refractivity contribution < 1.29 is 19.4 Å². The lowest BCUT2D eigenvalue weighted by Gasteiger charge is -2.40. The first-order valence-corrected chi connectivity index (χ1v) is 7.44. The average molecular weight is 285 g/mol. The Morgan fingerprint density at radius 3 is 2.60 bits per heavy atom. The van der Waals surface area contributed by atoms with E-state index >= 15 is 0 Å². The zero-order valence-corrected chi connectivity index (χ0v) is 13.0. The number of carbonyl (C=O) groups is 2. The Morgan fingerprint density at radius 2 is 2.05 bits per heavy atom. The van der Waals surface area contributed by atoms with Crippen LogP contribution in [-0.2, 0) is 14.3 Å². The molecule has 1 fully saturated rings. The van der Waals surface area contributed by atoms with Crippen molar-refractivity contribution in [2.75, 3.05) is 19.8 Å². The van der Waals surface area contributed by atoms with Crippen molar-refractivity contribution in [3.63, 3.8) is 0 Å². The van der Waals surface area contributed by atoms with Gasteiger partial charge in [0.05, 0.1) is 12.5 Å². The molecule has 3 unspecified atom stereocenters. The van der Waals surface area contributed by atoms with Crippen LogP contribution in [0.2, 0.25) is 0 Å².